The highest BCUT2D eigenvalue weighted by Crippen LogP contribution is 2.33. The lowest BCUT2D eigenvalue weighted by atomic mass is 9.98. The molecule has 0 amide bonds. The van der Waals surface area contributed by atoms with Gasteiger partial charge in [-0.2, -0.15) is 0 Å². The highest BCUT2D eigenvalue weighted by molar-refractivity contribution is 9.10. The van der Waals surface area contributed by atoms with Crippen LogP contribution in [0.5, 0.6) is 0 Å². The Morgan fingerprint density at radius 3 is 2.63 bits per heavy atom. The molecule has 1 aromatic rings. The summed E-state index contributed by atoms with van der Waals surface area (Å²) < 4.78 is 32.6. The van der Waals surface area contributed by atoms with E-state index in [1.807, 2.05) is 0 Å². The maximum Gasteiger partial charge on any atom is 0.245 e. The van der Waals surface area contributed by atoms with Crippen molar-refractivity contribution in [2.75, 3.05) is 0 Å². The van der Waals surface area contributed by atoms with Gasteiger partial charge in [-0.3, -0.25) is 0 Å². The SMILES string of the molecule is CC1CCC(NS(=O)(=O)c2cc(CO)oc2Br)C1C. The van der Waals surface area contributed by atoms with Gasteiger partial charge in [0.15, 0.2) is 4.67 Å². The Labute approximate surface area is 121 Å². The molecule has 1 aliphatic carbocycles. The van der Waals surface area contributed by atoms with Crippen LogP contribution in [0.15, 0.2) is 20.0 Å². The topological polar surface area (TPSA) is 79.5 Å². The second-order valence-electron chi connectivity index (χ2n) is 5.15. The van der Waals surface area contributed by atoms with Gasteiger partial charge in [-0.15, -0.1) is 0 Å². The summed E-state index contributed by atoms with van der Waals surface area (Å²) in [6, 6.07) is 1.30. The van der Waals surface area contributed by atoms with Crippen LogP contribution < -0.4 is 4.72 Å². The molecule has 19 heavy (non-hydrogen) atoms. The number of hydrogen-bond donors (Lipinski definition) is 2. The first kappa shape index (κ1) is 15.0. The van der Waals surface area contributed by atoms with E-state index in [0.29, 0.717) is 11.8 Å². The predicted molar refractivity (Wildman–Crippen MR) is 74.0 cm³/mol. The summed E-state index contributed by atoms with van der Waals surface area (Å²) in [7, 11) is -3.62. The van der Waals surface area contributed by atoms with Crippen LogP contribution in [0.3, 0.4) is 0 Å². The first-order valence-corrected chi connectivity index (χ1v) is 8.54. The number of sulfonamides is 1. The van der Waals surface area contributed by atoms with Crippen LogP contribution in [0.4, 0.5) is 0 Å². The molecule has 0 aromatic carbocycles. The van der Waals surface area contributed by atoms with Gasteiger partial charge in [0.1, 0.15) is 17.3 Å². The van der Waals surface area contributed by atoms with E-state index in [9.17, 15) is 8.42 Å². The number of hydrogen-bond acceptors (Lipinski definition) is 4. The summed E-state index contributed by atoms with van der Waals surface area (Å²) in [5.74, 6) is 1.06. The molecule has 108 valence electrons. The van der Waals surface area contributed by atoms with Crippen LogP contribution in [0.25, 0.3) is 0 Å². The number of rotatable bonds is 4. The van der Waals surface area contributed by atoms with Crippen molar-refractivity contribution < 1.29 is 17.9 Å². The molecule has 3 unspecified atom stereocenters. The summed E-state index contributed by atoms with van der Waals surface area (Å²) in [5.41, 5.74) is 0. The van der Waals surface area contributed by atoms with E-state index in [-0.39, 0.29) is 28.0 Å². The summed E-state index contributed by atoms with van der Waals surface area (Å²) in [6.45, 7) is 3.87. The monoisotopic (exact) mass is 351 g/mol. The maximum absolute atomic E-state index is 12.3. The lowest BCUT2D eigenvalue weighted by Crippen LogP contribution is -2.37. The van der Waals surface area contributed by atoms with Crippen molar-refractivity contribution in [2.24, 2.45) is 11.8 Å². The Bertz CT molecular complexity index is 554. The van der Waals surface area contributed by atoms with Gasteiger partial charge in [0.2, 0.25) is 10.0 Å². The lowest BCUT2D eigenvalue weighted by molar-refractivity contribution is 0.245. The minimum atomic E-state index is -3.62. The molecule has 1 fully saturated rings. The fourth-order valence-corrected chi connectivity index (χ4v) is 4.81. The van der Waals surface area contributed by atoms with Crippen LogP contribution in [0.2, 0.25) is 0 Å². The van der Waals surface area contributed by atoms with Crippen molar-refractivity contribution in [1.82, 2.24) is 4.72 Å². The number of furan rings is 1. The average molecular weight is 352 g/mol. The fraction of sp³-hybridized carbons (Fsp3) is 0.667. The molecular formula is C12H18BrNO4S. The third-order valence-electron chi connectivity index (χ3n) is 3.92. The Hall–Kier alpha value is -0.370. The molecule has 7 heteroatoms. The molecule has 0 saturated heterocycles. The molecule has 2 N–H and O–H groups in total. The van der Waals surface area contributed by atoms with Crippen LogP contribution >= 0.6 is 15.9 Å². The zero-order valence-corrected chi connectivity index (χ0v) is 13.3. The minimum absolute atomic E-state index is 0.0422. The van der Waals surface area contributed by atoms with E-state index >= 15 is 0 Å². The highest BCUT2D eigenvalue weighted by atomic mass is 79.9. The summed E-state index contributed by atoms with van der Waals surface area (Å²) in [4.78, 5) is 0.0447. The quantitative estimate of drug-likeness (QED) is 0.871. The van der Waals surface area contributed by atoms with E-state index < -0.39 is 10.0 Å². The smallest absolute Gasteiger partial charge is 0.245 e. The molecule has 1 heterocycles. The molecule has 5 nitrogen and oxygen atoms in total. The molecule has 0 radical (unpaired) electrons. The van der Waals surface area contributed by atoms with Crippen molar-refractivity contribution in [3.8, 4) is 0 Å². The van der Waals surface area contributed by atoms with Gasteiger partial charge in [-0.05, 0) is 40.6 Å². The Morgan fingerprint density at radius 1 is 1.47 bits per heavy atom. The zero-order chi connectivity index (χ0) is 14.2. The van der Waals surface area contributed by atoms with Gasteiger partial charge in [0.05, 0.1) is 0 Å². The first-order chi connectivity index (χ1) is 8.85. The van der Waals surface area contributed by atoms with Gasteiger partial charge in [0, 0.05) is 12.1 Å². The summed E-state index contributed by atoms with van der Waals surface area (Å²) in [5, 5.41) is 8.97. The largest absolute Gasteiger partial charge is 0.450 e. The highest BCUT2D eigenvalue weighted by Gasteiger charge is 2.34. The molecular weight excluding hydrogens is 334 g/mol. The average Bonchev–Trinajstić information content (AvgIpc) is 2.87. The summed E-state index contributed by atoms with van der Waals surface area (Å²) >= 11 is 3.07. The second-order valence-corrected chi connectivity index (χ2v) is 7.55. The number of nitrogens with one attached hydrogen (secondary N) is 1. The normalized spacial score (nSPS) is 27.9. The summed E-state index contributed by atoms with van der Waals surface area (Å²) in [6.07, 6.45) is 1.88. The standard InChI is InChI=1S/C12H18BrNO4S/c1-7-3-4-10(8(7)2)14-19(16,17)11-5-9(6-15)18-12(11)13/h5,7-8,10,14-15H,3-4,6H2,1-2H3. The van der Waals surface area contributed by atoms with E-state index in [0.717, 1.165) is 12.8 Å². The zero-order valence-electron chi connectivity index (χ0n) is 10.9. The number of aliphatic hydroxyl groups is 1. The second kappa shape index (κ2) is 5.55. The van der Waals surface area contributed by atoms with Crippen LogP contribution in [-0.2, 0) is 16.6 Å². The van der Waals surface area contributed by atoms with E-state index in [1.54, 1.807) is 0 Å². The van der Waals surface area contributed by atoms with Gasteiger partial charge in [0.25, 0.3) is 0 Å². The fourth-order valence-electron chi connectivity index (χ4n) is 2.45. The van der Waals surface area contributed by atoms with Crippen molar-refractivity contribution in [1.29, 1.82) is 0 Å². The van der Waals surface area contributed by atoms with E-state index in [4.69, 9.17) is 9.52 Å². The van der Waals surface area contributed by atoms with Crippen molar-refractivity contribution in [3.63, 3.8) is 0 Å². The van der Waals surface area contributed by atoms with Gasteiger partial charge in [-0.1, -0.05) is 13.8 Å². The van der Waals surface area contributed by atoms with E-state index in [2.05, 4.69) is 34.5 Å². The Kier molecular flexibility index (Phi) is 4.39. The van der Waals surface area contributed by atoms with Gasteiger partial charge >= 0.3 is 0 Å². The van der Waals surface area contributed by atoms with Crippen molar-refractivity contribution >= 4 is 26.0 Å². The Morgan fingerprint density at radius 2 is 2.16 bits per heavy atom. The van der Waals surface area contributed by atoms with E-state index in [1.165, 1.54) is 6.07 Å². The molecule has 0 bridgehead atoms. The Balaban J connectivity index is 2.20. The first-order valence-electron chi connectivity index (χ1n) is 6.26. The predicted octanol–water partition coefficient (Wildman–Crippen LogP) is 2.25. The molecule has 1 aliphatic rings. The van der Waals surface area contributed by atoms with Gasteiger partial charge < -0.3 is 9.52 Å². The number of halogens is 1. The third-order valence-corrected chi connectivity index (χ3v) is 6.27. The molecule has 0 spiro atoms. The third kappa shape index (κ3) is 3.04. The maximum atomic E-state index is 12.3. The molecule has 3 atom stereocenters. The van der Waals surface area contributed by atoms with Gasteiger partial charge in [-0.25, -0.2) is 13.1 Å². The minimum Gasteiger partial charge on any atom is -0.450 e. The van der Waals surface area contributed by atoms with Crippen molar-refractivity contribution in [3.05, 3.63) is 16.5 Å². The molecule has 1 saturated carbocycles. The molecule has 2 rings (SSSR count). The molecule has 1 aromatic heterocycles. The van der Waals surface area contributed by atoms with Crippen molar-refractivity contribution in [2.45, 2.75) is 44.2 Å². The van der Waals surface area contributed by atoms with Crippen LogP contribution in [0.1, 0.15) is 32.4 Å². The lowest BCUT2D eigenvalue weighted by Gasteiger charge is -2.19. The molecule has 0 aliphatic heterocycles. The van der Waals surface area contributed by atoms with Crippen LogP contribution in [0, 0.1) is 11.8 Å². The van der Waals surface area contributed by atoms with Crippen LogP contribution in [-0.4, -0.2) is 19.6 Å². The number of aliphatic hydroxyl groups excluding tert-OH is 1.